The molecule has 1 aliphatic heterocycles. The molecular weight excluding hydrogens is 419 g/mol. The zero-order valence-electron chi connectivity index (χ0n) is 17.8. The highest BCUT2D eigenvalue weighted by Crippen LogP contribution is 2.27. The highest BCUT2D eigenvalue weighted by Gasteiger charge is 2.33. The van der Waals surface area contributed by atoms with Gasteiger partial charge >= 0.3 is 5.97 Å². The lowest BCUT2D eigenvalue weighted by atomic mass is 9.92. The van der Waals surface area contributed by atoms with Crippen LogP contribution in [0.3, 0.4) is 0 Å². The molecule has 1 fully saturated rings. The van der Waals surface area contributed by atoms with Gasteiger partial charge in [-0.1, -0.05) is 35.9 Å². The molecule has 0 amide bonds. The van der Waals surface area contributed by atoms with E-state index in [1.807, 2.05) is 24.3 Å². The quantitative estimate of drug-likeness (QED) is 0.542. The second-order valence-corrected chi connectivity index (χ2v) is 8.53. The standard InChI is InChI=1S/C24H30ClFN2O3/c1-2-31-24(30)18(14-28-10-9-21(28)15-29)12-20(27)11-16-3-5-17(6-4-16)22-13-19(25)7-8-23(22)26/h3-8,13,18,20-21,29H,2,9-12,14-15,27H2,1H3. The first-order chi connectivity index (χ1) is 14.9. The minimum atomic E-state index is -0.330. The molecule has 2 aromatic rings. The summed E-state index contributed by atoms with van der Waals surface area (Å²) in [5.41, 5.74) is 8.60. The zero-order valence-corrected chi connectivity index (χ0v) is 18.5. The van der Waals surface area contributed by atoms with Crippen molar-refractivity contribution in [3.8, 4) is 11.1 Å². The van der Waals surface area contributed by atoms with Gasteiger partial charge in [-0.05, 0) is 55.5 Å². The summed E-state index contributed by atoms with van der Waals surface area (Å²) in [6.07, 6.45) is 2.04. The van der Waals surface area contributed by atoms with E-state index >= 15 is 0 Å². The Bertz CT molecular complexity index is 876. The predicted molar refractivity (Wildman–Crippen MR) is 120 cm³/mol. The highest BCUT2D eigenvalue weighted by molar-refractivity contribution is 6.30. The predicted octanol–water partition coefficient (Wildman–Crippen LogP) is 3.65. The number of aliphatic hydroxyl groups is 1. The number of likely N-dealkylation sites (tertiary alicyclic amines) is 1. The number of benzene rings is 2. The molecule has 168 valence electrons. The van der Waals surface area contributed by atoms with Crippen LogP contribution < -0.4 is 5.73 Å². The number of aliphatic hydroxyl groups excluding tert-OH is 1. The maximum absolute atomic E-state index is 14.1. The average molecular weight is 449 g/mol. The molecule has 0 aromatic heterocycles. The fourth-order valence-electron chi connectivity index (χ4n) is 4.02. The fraction of sp³-hybridized carbons (Fsp3) is 0.458. The van der Waals surface area contributed by atoms with Crippen molar-refractivity contribution < 1.29 is 19.0 Å². The molecule has 3 atom stereocenters. The van der Waals surface area contributed by atoms with Crippen molar-refractivity contribution in [1.82, 2.24) is 4.90 Å². The maximum Gasteiger partial charge on any atom is 0.310 e. The summed E-state index contributed by atoms with van der Waals surface area (Å²) in [5.74, 6) is -0.893. The van der Waals surface area contributed by atoms with Crippen molar-refractivity contribution in [2.45, 2.75) is 38.3 Å². The minimum absolute atomic E-state index is 0.0984. The summed E-state index contributed by atoms with van der Waals surface area (Å²) in [7, 11) is 0. The summed E-state index contributed by atoms with van der Waals surface area (Å²) < 4.78 is 19.3. The van der Waals surface area contributed by atoms with E-state index in [9.17, 15) is 14.3 Å². The number of nitrogens with two attached hydrogens (primary N) is 1. The lowest BCUT2D eigenvalue weighted by molar-refractivity contribution is -0.150. The Labute approximate surface area is 187 Å². The molecule has 3 unspecified atom stereocenters. The number of nitrogens with zero attached hydrogens (tertiary/aromatic N) is 1. The second-order valence-electron chi connectivity index (χ2n) is 8.09. The van der Waals surface area contributed by atoms with Crippen molar-refractivity contribution in [3.63, 3.8) is 0 Å². The summed E-state index contributed by atoms with van der Waals surface area (Å²) in [5, 5.41) is 9.90. The van der Waals surface area contributed by atoms with Gasteiger partial charge in [0.05, 0.1) is 19.1 Å². The number of ether oxygens (including phenoxy) is 1. The normalized spacial score (nSPS) is 18.3. The number of rotatable bonds is 10. The van der Waals surface area contributed by atoms with Crippen LogP contribution in [0.5, 0.6) is 0 Å². The van der Waals surface area contributed by atoms with Crippen LogP contribution in [0.2, 0.25) is 5.02 Å². The summed E-state index contributed by atoms with van der Waals surface area (Å²) >= 11 is 5.99. The van der Waals surface area contributed by atoms with Gasteiger partial charge in [-0.2, -0.15) is 0 Å². The molecule has 5 nitrogen and oxygen atoms in total. The number of carbonyl (C=O) groups excluding carboxylic acids is 1. The van der Waals surface area contributed by atoms with Gasteiger partial charge in [-0.15, -0.1) is 0 Å². The average Bonchev–Trinajstić information content (AvgIpc) is 2.73. The van der Waals surface area contributed by atoms with Gasteiger partial charge in [0.15, 0.2) is 0 Å². The Kier molecular flexibility index (Phi) is 8.43. The third kappa shape index (κ3) is 6.26. The third-order valence-electron chi connectivity index (χ3n) is 5.83. The molecule has 3 N–H and O–H groups in total. The Hall–Kier alpha value is -1.99. The van der Waals surface area contributed by atoms with Crippen molar-refractivity contribution >= 4 is 17.6 Å². The van der Waals surface area contributed by atoms with E-state index in [0.717, 1.165) is 24.1 Å². The SMILES string of the molecule is CCOC(=O)C(CC(N)Cc1ccc(-c2cc(Cl)ccc2F)cc1)CN1CCC1CO. The molecule has 0 bridgehead atoms. The molecule has 31 heavy (non-hydrogen) atoms. The zero-order chi connectivity index (χ0) is 22.4. The monoisotopic (exact) mass is 448 g/mol. The molecule has 1 heterocycles. The van der Waals surface area contributed by atoms with Gasteiger partial charge in [0, 0.05) is 35.8 Å². The van der Waals surface area contributed by atoms with Crippen molar-refractivity contribution in [3.05, 3.63) is 58.9 Å². The van der Waals surface area contributed by atoms with E-state index in [-0.39, 0.29) is 36.4 Å². The first-order valence-electron chi connectivity index (χ1n) is 10.7. The molecule has 1 saturated heterocycles. The van der Waals surface area contributed by atoms with Crippen molar-refractivity contribution in [1.29, 1.82) is 0 Å². The van der Waals surface area contributed by atoms with E-state index in [2.05, 4.69) is 4.90 Å². The number of esters is 1. The smallest absolute Gasteiger partial charge is 0.310 e. The molecule has 2 aromatic carbocycles. The topological polar surface area (TPSA) is 75.8 Å². The second kappa shape index (κ2) is 11.0. The molecule has 7 heteroatoms. The fourth-order valence-corrected chi connectivity index (χ4v) is 4.19. The van der Waals surface area contributed by atoms with Crippen molar-refractivity contribution in [2.24, 2.45) is 11.7 Å². The third-order valence-corrected chi connectivity index (χ3v) is 6.07. The van der Waals surface area contributed by atoms with E-state index < -0.39 is 0 Å². The Balaban J connectivity index is 1.62. The van der Waals surface area contributed by atoms with Crippen molar-refractivity contribution in [2.75, 3.05) is 26.3 Å². The van der Waals surface area contributed by atoms with Crippen LogP contribution in [-0.2, 0) is 16.0 Å². The number of hydrogen-bond donors (Lipinski definition) is 2. The molecule has 0 saturated carbocycles. The number of halogens is 2. The maximum atomic E-state index is 14.1. The molecule has 0 radical (unpaired) electrons. The van der Waals surface area contributed by atoms with Gasteiger partial charge in [0.2, 0.25) is 0 Å². The van der Waals surface area contributed by atoms with Crippen LogP contribution in [-0.4, -0.2) is 54.4 Å². The minimum Gasteiger partial charge on any atom is -0.466 e. The lowest BCUT2D eigenvalue weighted by Crippen LogP contribution is -2.53. The highest BCUT2D eigenvalue weighted by atomic mass is 35.5. The summed E-state index contributed by atoms with van der Waals surface area (Å²) in [6, 6.07) is 11.9. The van der Waals surface area contributed by atoms with Crippen LogP contribution in [0.1, 0.15) is 25.3 Å². The molecule has 3 rings (SSSR count). The summed E-state index contributed by atoms with van der Waals surface area (Å²) in [4.78, 5) is 14.6. The van der Waals surface area contributed by atoms with E-state index in [4.69, 9.17) is 22.1 Å². The first kappa shape index (κ1) is 23.7. The van der Waals surface area contributed by atoms with E-state index in [1.165, 1.54) is 12.1 Å². The van der Waals surface area contributed by atoms with E-state index in [1.54, 1.807) is 13.0 Å². The molecule has 1 aliphatic rings. The molecule has 0 spiro atoms. The van der Waals surface area contributed by atoms with Gasteiger partial charge in [0.25, 0.3) is 0 Å². The van der Waals surface area contributed by atoms with Crippen LogP contribution >= 0.6 is 11.6 Å². The van der Waals surface area contributed by atoms with Gasteiger partial charge in [-0.3, -0.25) is 9.69 Å². The molecular formula is C24H30ClFN2O3. The van der Waals surface area contributed by atoms with Gasteiger partial charge in [0.1, 0.15) is 5.82 Å². The summed E-state index contributed by atoms with van der Waals surface area (Å²) in [6.45, 7) is 3.64. The van der Waals surface area contributed by atoms with Crippen LogP contribution in [0.15, 0.2) is 42.5 Å². The van der Waals surface area contributed by atoms with Crippen LogP contribution in [0.25, 0.3) is 11.1 Å². The van der Waals surface area contributed by atoms with Gasteiger partial charge < -0.3 is 15.6 Å². The Morgan fingerprint density at radius 1 is 1.32 bits per heavy atom. The molecule has 0 aliphatic carbocycles. The van der Waals surface area contributed by atoms with Crippen LogP contribution in [0.4, 0.5) is 4.39 Å². The van der Waals surface area contributed by atoms with E-state index in [0.29, 0.717) is 36.6 Å². The van der Waals surface area contributed by atoms with Crippen LogP contribution in [0, 0.1) is 11.7 Å². The number of carbonyl (C=O) groups is 1. The Morgan fingerprint density at radius 3 is 2.68 bits per heavy atom. The first-order valence-corrected chi connectivity index (χ1v) is 11.1. The lowest BCUT2D eigenvalue weighted by Gasteiger charge is -2.41. The Morgan fingerprint density at radius 2 is 2.06 bits per heavy atom. The number of hydrogen-bond acceptors (Lipinski definition) is 5. The largest absolute Gasteiger partial charge is 0.466 e. The van der Waals surface area contributed by atoms with Gasteiger partial charge in [-0.25, -0.2) is 4.39 Å².